The molecular formula is C8H7BrN2S. The van der Waals surface area contributed by atoms with Crippen molar-refractivity contribution >= 4 is 43.2 Å². The summed E-state index contributed by atoms with van der Waals surface area (Å²) in [6, 6.07) is 3.89. The smallest absolute Gasteiger partial charge is 0.0978 e. The summed E-state index contributed by atoms with van der Waals surface area (Å²) < 4.78 is 2.08. The van der Waals surface area contributed by atoms with Gasteiger partial charge in [-0.15, -0.1) is 11.3 Å². The monoisotopic (exact) mass is 242 g/mol. The van der Waals surface area contributed by atoms with E-state index in [9.17, 15) is 0 Å². The van der Waals surface area contributed by atoms with Crippen LogP contribution in [0.5, 0.6) is 0 Å². The molecule has 0 amide bonds. The maximum atomic E-state index is 5.71. The Bertz CT molecular complexity index is 436. The van der Waals surface area contributed by atoms with Crippen LogP contribution in [0.1, 0.15) is 5.01 Å². The molecule has 2 nitrogen and oxygen atoms in total. The van der Waals surface area contributed by atoms with Crippen LogP contribution in [0.25, 0.3) is 10.2 Å². The van der Waals surface area contributed by atoms with E-state index in [0.717, 1.165) is 20.7 Å². The number of halogens is 1. The van der Waals surface area contributed by atoms with Crippen LogP contribution in [-0.2, 0) is 0 Å². The quantitative estimate of drug-likeness (QED) is 0.722. The van der Waals surface area contributed by atoms with Crippen LogP contribution in [0, 0.1) is 6.92 Å². The standard InChI is InChI=1S/C8H7BrN2S/c1-4-11-8-6(12-4)3-2-5(10)7(8)9/h2-3H,10H2,1H3. The average Bonchev–Trinajstić information content (AvgIpc) is 2.39. The van der Waals surface area contributed by atoms with E-state index in [2.05, 4.69) is 20.9 Å². The molecule has 1 heterocycles. The van der Waals surface area contributed by atoms with Crippen LogP contribution >= 0.6 is 27.3 Å². The number of fused-ring (bicyclic) bond motifs is 1. The van der Waals surface area contributed by atoms with E-state index in [1.165, 1.54) is 4.70 Å². The van der Waals surface area contributed by atoms with Crippen molar-refractivity contribution in [1.82, 2.24) is 4.98 Å². The van der Waals surface area contributed by atoms with Crippen LogP contribution < -0.4 is 5.73 Å². The number of hydrogen-bond acceptors (Lipinski definition) is 3. The van der Waals surface area contributed by atoms with Crippen molar-refractivity contribution in [3.63, 3.8) is 0 Å². The summed E-state index contributed by atoms with van der Waals surface area (Å²) in [6.07, 6.45) is 0. The first-order valence-electron chi connectivity index (χ1n) is 3.49. The van der Waals surface area contributed by atoms with Gasteiger partial charge in [0.1, 0.15) is 0 Å². The van der Waals surface area contributed by atoms with Crippen molar-refractivity contribution in [3.8, 4) is 0 Å². The van der Waals surface area contributed by atoms with Gasteiger partial charge in [-0.05, 0) is 35.0 Å². The normalized spacial score (nSPS) is 10.8. The molecule has 4 heteroatoms. The average molecular weight is 243 g/mol. The summed E-state index contributed by atoms with van der Waals surface area (Å²) in [4.78, 5) is 4.37. The van der Waals surface area contributed by atoms with Crippen LogP contribution in [0.15, 0.2) is 16.6 Å². The second kappa shape index (κ2) is 2.71. The van der Waals surface area contributed by atoms with Crippen molar-refractivity contribution in [2.24, 2.45) is 0 Å². The summed E-state index contributed by atoms with van der Waals surface area (Å²) in [5, 5.41) is 1.07. The molecule has 2 rings (SSSR count). The number of nitrogens with zero attached hydrogens (tertiary/aromatic N) is 1. The number of nitrogens with two attached hydrogens (primary N) is 1. The molecule has 2 aromatic rings. The van der Waals surface area contributed by atoms with Gasteiger partial charge < -0.3 is 5.73 Å². The molecule has 0 bridgehead atoms. The maximum absolute atomic E-state index is 5.71. The zero-order chi connectivity index (χ0) is 8.72. The number of rotatable bonds is 0. The first-order chi connectivity index (χ1) is 5.68. The van der Waals surface area contributed by atoms with Crippen molar-refractivity contribution in [1.29, 1.82) is 0 Å². The summed E-state index contributed by atoms with van der Waals surface area (Å²) in [7, 11) is 0. The highest BCUT2D eigenvalue weighted by molar-refractivity contribution is 9.10. The minimum atomic E-state index is 0.743. The Morgan fingerprint density at radius 3 is 3.00 bits per heavy atom. The van der Waals surface area contributed by atoms with Gasteiger partial charge in [-0.25, -0.2) is 4.98 Å². The topological polar surface area (TPSA) is 38.9 Å². The minimum Gasteiger partial charge on any atom is -0.398 e. The Balaban J connectivity index is 2.89. The lowest BCUT2D eigenvalue weighted by atomic mass is 10.3. The van der Waals surface area contributed by atoms with Gasteiger partial charge in [-0.3, -0.25) is 0 Å². The summed E-state index contributed by atoms with van der Waals surface area (Å²) >= 11 is 5.09. The van der Waals surface area contributed by atoms with Crippen molar-refractivity contribution in [3.05, 3.63) is 21.6 Å². The predicted octanol–water partition coefficient (Wildman–Crippen LogP) is 2.95. The molecule has 0 aliphatic rings. The van der Waals surface area contributed by atoms with E-state index in [1.54, 1.807) is 11.3 Å². The Morgan fingerprint density at radius 2 is 2.25 bits per heavy atom. The van der Waals surface area contributed by atoms with E-state index >= 15 is 0 Å². The molecule has 1 aromatic heterocycles. The molecule has 1 aromatic carbocycles. The first kappa shape index (κ1) is 8.01. The van der Waals surface area contributed by atoms with Gasteiger partial charge in [0.15, 0.2) is 0 Å². The zero-order valence-corrected chi connectivity index (χ0v) is 8.87. The largest absolute Gasteiger partial charge is 0.398 e. The number of nitrogen functional groups attached to an aromatic ring is 1. The minimum absolute atomic E-state index is 0.743. The number of benzene rings is 1. The van der Waals surface area contributed by atoms with Crippen LogP contribution in [0.2, 0.25) is 0 Å². The van der Waals surface area contributed by atoms with E-state index in [0.29, 0.717) is 0 Å². The molecule has 0 atom stereocenters. The summed E-state index contributed by atoms with van der Waals surface area (Å²) in [6.45, 7) is 1.99. The van der Waals surface area contributed by atoms with Gasteiger partial charge in [0, 0.05) is 5.69 Å². The lowest BCUT2D eigenvalue weighted by molar-refractivity contribution is 1.34. The van der Waals surface area contributed by atoms with E-state index in [1.807, 2.05) is 19.1 Å². The molecule has 0 fully saturated rings. The maximum Gasteiger partial charge on any atom is 0.0978 e. The molecule has 0 spiro atoms. The van der Waals surface area contributed by atoms with Gasteiger partial charge in [-0.1, -0.05) is 0 Å². The van der Waals surface area contributed by atoms with Gasteiger partial charge in [0.05, 0.1) is 19.7 Å². The Hall–Kier alpha value is -0.610. The van der Waals surface area contributed by atoms with E-state index in [4.69, 9.17) is 5.73 Å². The molecule has 2 N–H and O–H groups in total. The molecular weight excluding hydrogens is 236 g/mol. The molecule has 0 aliphatic carbocycles. The summed E-state index contributed by atoms with van der Waals surface area (Å²) in [5.74, 6) is 0. The van der Waals surface area contributed by atoms with Gasteiger partial charge in [-0.2, -0.15) is 0 Å². The third-order valence-corrected chi connectivity index (χ3v) is 3.41. The number of aryl methyl sites for hydroxylation is 1. The number of thiazole rings is 1. The van der Waals surface area contributed by atoms with Crippen molar-refractivity contribution in [2.45, 2.75) is 6.92 Å². The van der Waals surface area contributed by atoms with Gasteiger partial charge in [0.2, 0.25) is 0 Å². The van der Waals surface area contributed by atoms with Crippen LogP contribution in [0.4, 0.5) is 5.69 Å². The molecule has 0 unspecified atom stereocenters. The second-order valence-electron chi connectivity index (χ2n) is 2.55. The zero-order valence-electron chi connectivity index (χ0n) is 6.47. The Morgan fingerprint density at radius 1 is 1.50 bits per heavy atom. The fraction of sp³-hybridized carbons (Fsp3) is 0.125. The fourth-order valence-corrected chi connectivity index (χ4v) is 2.49. The van der Waals surface area contributed by atoms with E-state index in [-0.39, 0.29) is 0 Å². The van der Waals surface area contributed by atoms with Crippen molar-refractivity contribution in [2.75, 3.05) is 5.73 Å². The fourth-order valence-electron chi connectivity index (χ4n) is 1.09. The van der Waals surface area contributed by atoms with Gasteiger partial charge >= 0.3 is 0 Å². The molecule has 0 radical (unpaired) electrons. The summed E-state index contributed by atoms with van der Waals surface area (Å²) in [5.41, 5.74) is 7.43. The molecule has 62 valence electrons. The molecule has 0 aliphatic heterocycles. The van der Waals surface area contributed by atoms with Crippen LogP contribution in [-0.4, -0.2) is 4.98 Å². The highest BCUT2D eigenvalue weighted by Crippen LogP contribution is 2.31. The second-order valence-corrected chi connectivity index (χ2v) is 4.58. The predicted molar refractivity (Wildman–Crippen MR) is 56.5 cm³/mol. The molecule has 0 saturated carbocycles. The van der Waals surface area contributed by atoms with E-state index < -0.39 is 0 Å². The first-order valence-corrected chi connectivity index (χ1v) is 5.10. The third kappa shape index (κ3) is 1.11. The third-order valence-electron chi connectivity index (χ3n) is 1.64. The lowest BCUT2D eigenvalue weighted by Crippen LogP contribution is -1.85. The Kier molecular flexibility index (Phi) is 1.81. The molecule has 12 heavy (non-hydrogen) atoms. The lowest BCUT2D eigenvalue weighted by Gasteiger charge is -1.96. The number of aromatic nitrogens is 1. The van der Waals surface area contributed by atoms with Crippen LogP contribution in [0.3, 0.4) is 0 Å². The highest BCUT2D eigenvalue weighted by Gasteiger charge is 2.06. The van der Waals surface area contributed by atoms with Gasteiger partial charge in [0.25, 0.3) is 0 Å². The Labute approximate surface area is 82.5 Å². The number of hydrogen-bond donors (Lipinski definition) is 1. The SMILES string of the molecule is Cc1nc2c(Br)c(N)ccc2s1. The number of anilines is 1. The highest BCUT2D eigenvalue weighted by atomic mass is 79.9. The molecule has 0 saturated heterocycles. The van der Waals surface area contributed by atoms with Crippen molar-refractivity contribution < 1.29 is 0 Å².